The number of hydrogen-bond acceptors (Lipinski definition) is 4. The summed E-state index contributed by atoms with van der Waals surface area (Å²) in [5.74, 6) is -0.139. The minimum Gasteiger partial charge on any atom is -0.378 e. The third-order valence-electron chi connectivity index (χ3n) is 6.30. The Labute approximate surface area is 184 Å². The van der Waals surface area contributed by atoms with Crippen molar-refractivity contribution in [2.75, 3.05) is 45.7 Å². The minimum absolute atomic E-state index is 0.0173. The maximum atomic E-state index is 12.9. The van der Waals surface area contributed by atoms with Crippen molar-refractivity contribution in [3.05, 3.63) is 65.7 Å². The van der Waals surface area contributed by atoms with Gasteiger partial charge in [0.15, 0.2) is 0 Å². The molecule has 3 rings (SSSR count). The monoisotopic (exact) mass is 421 g/mol. The molecule has 6 heteroatoms. The largest absolute Gasteiger partial charge is 0.378 e. The van der Waals surface area contributed by atoms with Gasteiger partial charge in [-0.2, -0.15) is 0 Å². The van der Waals surface area contributed by atoms with E-state index in [-0.39, 0.29) is 24.1 Å². The van der Waals surface area contributed by atoms with Crippen LogP contribution in [0, 0.1) is 0 Å². The summed E-state index contributed by atoms with van der Waals surface area (Å²) < 4.78 is 0. The van der Waals surface area contributed by atoms with Gasteiger partial charge in [0.25, 0.3) is 5.91 Å². The smallest absolute Gasteiger partial charge is 0.254 e. The molecule has 164 valence electrons. The second-order valence-electron chi connectivity index (χ2n) is 8.49. The Morgan fingerprint density at radius 2 is 1.58 bits per heavy atom. The molecule has 1 heterocycles. The van der Waals surface area contributed by atoms with Crippen LogP contribution in [0.25, 0.3) is 0 Å². The molecule has 31 heavy (non-hydrogen) atoms. The van der Waals surface area contributed by atoms with Crippen molar-refractivity contribution in [1.82, 2.24) is 9.80 Å². The molecule has 2 aromatic rings. The van der Waals surface area contributed by atoms with E-state index < -0.39 is 5.41 Å². The number of carbonyl (C=O) groups is 3. The summed E-state index contributed by atoms with van der Waals surface area (Å²) in [4.78, 5) is 43.4. The standard InChI is InChI=1S/C25H31N3O3/c1-19(29)25(21-10-6-5-7-11-21)13-15-28(16-14-25)23(30)18-27(4)24(31)20-9-8-12-22(17-20)26(2)3/h5-12,17H,13-16,18H2,1-4H3. The van der Waals surface area contributed by atoms with Crippen molar-refractivity contribution in [2.45, 2.75) is 25.2 Å². The SMILES string of the molecule is CC(=O)C1(c2ccccc2)CCN(C(=O)CN(C)C(=O)c2cccc(N(C)C)c2)CC1. The van der Waals surface area contributed by atoms with Crippen LogP contribution in [0.2, 0.25) is 0 Å². The summed E-state index contributed by atoms with van der Waals surface area (Å²) >= 11 is 0. The lowest BCUT2D eigenvalue weighted by atomic mass is 9.70. The first-order valence-electron chi connectivity index (χ1n) is 10.6. The number of nitrogens with zero attached hydrogens (tertiary/aromatic N) is 3. The number of likely N-dealkylation sites (N-methyl/N-ethyl adjacent to an activating group) is 1. The molecule has 0 bridgehead atoms. The van der Waals surface area contributed by atoms with Gasteiger partial charge in [-0.25, -0.2) is 0 Å². The van der Waals surface area contributed by atoms with Gasteiger partial charge in [-0.15, -0.1) is 0 Å². The van der Waals surface area contributed by atoms with Crippen molar-refractivity contribution in [3.63, 3.8) is 0 Å². The van der Waals surface area contributed by atoms with Crippen LogP contribution >= 0.6 is 0 Å². The van der Waals surface area contributed by atoms with Gasteiger partial charge in [0.1, 0.15) is 5.78 Å². The molecule has 1 fully saturated rings. The molecule has 0 N–H and O–H groups in total. The van der Waals surface area contributed by atoms with Crippen LogP contribution in [-0.4, -0.2) is 68.2 Å². The average Bonchev–Trinajstić information content (AvgIpc) is 2.79. The van der Waals surface area contributed by atoms with Gasteiger partial charge >= 0.3 is 0 Å². The van der Waals surface area contributed by atoms with Gasteiger partial charge < -0.3 is 14.7 Å². The van der Waals surface area contributed by atoms with Gasteiger partial charge in [-0.1, -0.05) is 36.4 Å². The first-order valence-corrected chi connectivity index (χ1v) is 10.6. The molecule has 6 nitrogen and oxygen atoms in total. The summed E-state index contributed by atoms with van der Waals surface area (Å²) in [7, 11) is 5.49. The molecule has 0 aliphatic carbocycles. The summed E-state index contributed by atoms with van der Waals surface area (Å²) in [6, 6.07) is 17.2. The molecule has 0 radical (unpaired) electrons. The predicted molar refractivity (Wildman–Crippen MR) is 122 cm³/mol. The fourth-order valence-electron chi connectivity index (χ4n) is 4.25. The van der Waals surface area contributed by atoms with Crippen LogP contribution in [0.1, 0.15) is 35.7 Å². The molecule has 2 amide bonds. The summed E-state index contributed by atoms with van der Waals surface area (Å²) in [6.07, 6.45) is 1.20. The first-order chi connectivity index (χ1) is 14.7. The Bertz CT molecular complexity index is 947. The zero-order valence-electron chi connectivity index (χ0n) is 18.8. The lowest BCUT2D eigenvalue weighted by Crippen LogP contribution is -2.50. The Hall–Kier alpha value is -3.15. The van der Waals surface area contributed by atoms with Crippen molar-refractivity contribution < 1.29 is 14.4 Å². The second-order valence-corrected chi connectivity index (χ2v) is 8.49. The second kappa shape index (κ2) is 9.33. The molecular weight excluding hydrogens is 390 g/mol. The highest BCUT2D eigenvalue weighted by Crippen LogP contribution is 2.36. The van der Waals surface area contributed by atoms with Crippen LogP contribution in [-0.2, 0) is 15.0 Å². The molecule has 0 saturated carbocycles. The number of piperidine rings is 1. The fraction of sp³-hybridized carbons (Fsp3) is 0.400. The molecule has 0 unspecified atom stereocenters. The van der Waals surface area contributed by atoms with E-state index >= 15 is 0 Å². The maximum Gasteiger partial charge on any atom is 0.254 e. The molecule has 1 saturated heterocycles. The van der Waals surface area contributed by atoms with E-state index in [0.717, 1.165) is 11.3 Å². The number of Topliss-reactive ketones (excluding diaryl/α,β-unsaturated/α-hetero) is 1. The molecule has 0 aromatic heterocycles. The summed E-state index contributed by atoms with van der Waals surface area (Å²) in [5, 5.41) is 0. The zero-order valence-corrected chi connectivity index (χ0v) is 18.8. The number of benzene rings is 2. The maximum absolute atomic E-state index is 12.9. The van der Waals surface area contributed by atoms with E-state index in [2.05, 4.69) is 0 Å². The lowest BCUT2D eigenvalue weighted by Gasteiger charge is -2.41. The van der Waals surface area contributed by atoms with Gasteiger partial charge in [0.05, 0.1) is 12.0 Å². The Morgan fingerprint density at radius 3 is 2.16 bits per heavy atom. The number of likely N-dealkylation sites (tertiary alicyclic amines) is 1. The van der Waals surface area contributed by atoms with E-state index in [9.17, 15) is 14.4 Å². The van der Waals surface area contributed by atoms with Gasteiger partial charge in [-0.3, -0.25) is 14.4 Å². The lowest BCUT2D eigenvalue weighted by molar-refractivity contribution is -0.136. The molecule has 1 aliphatic rings. The van der Waals surface area contributed by atoms with Crippen molar-refractivity contribution >= 4 is 23.3 Å². The minimum atomic E-state index is -0.535. The van der Waals surface area contributed by atoms with Crippen LogP contribution in [0.4, 0.5) is 5.69 Å². The Balaban J connectivity index is 1.64. The molecule has 1 aliphatic heterocycles. The highest BCUT2D eigenvalue weighted by Gasteiger charge is 2.41. The fourth-order valence-corrected chi connectivity index (χ4v) is 4.25. The molecule has 0 spiro atoms. The topological polar surface area (TPSA) is 60.9 Å². The normalized spacial score (nSPS) is 15.3. The van der Waals surface area contributed by atoms with E-state index in [1.807, 2.05) is 67.5 Å². The average molecular weight is 422 g/mol. The van der Waals surface area contributed by atoms with E-state index in [0.29, 0.717) is 31.5 Å². The third kappa shape index (κ3) is 4.79. The van der Waals surface area contributed by atoms with E-state index in [1.54, 1.807) is 24.9 Å². The van der Waals surface area contributed by atoms with Crippen LogP contribution < -0.4 is 4.90 Å². The van der Waals surface area contributed by atoms with Crippen LogP contribution in [0.5, 0.6) is 0 Å². The number of rotatable bonds is 6. The number of amides is 2. The highest BCUT2D eigenvalue weighted by atomic mass is 16.2. The number of anilines is 1. The Morgan fingerprint density at radius 1 is 0.935 bits per heavy atom. The predicted octanol–water partition coefficient (Wildman–Crippen LogP) is 2.97. The summed E-state index contributed by atoms with van der Waals surface area (Å²) in [5.41, 5.74) is 1.97. The first kappa shape index (κ1) is 22.5. The van der Waals surface area contributed by atoms with Gasteiger partial charge in [-0.05, 0) is 43.5 Å². The quantitative estimate of drug-likeness (QED) is 0.720. The molecular formula is C25H31N3O3. The van der Waals surface area contributed by atoms with Gasteiger partial charge in [0, 0.05) is 45.5 Å². The number of hydrogen-bond donors (Lipinski definition) is 0. The number of ketones is 1. The zero-order chi connectivity index (χ0) is 22.6. The van der Waals surface area contributed by atoms with Crippen molar-refractivity contribution in [3.8, 4) is 0 Å². The third-order valence-corrected chi connectivity index (χ3v) is 6.30. The number of carbonyl (C=O) groups excluding carboxylic acids is 3. The highest BCUT2D eigenvalue weighted by molar-refractivity contribution is 5.97. The molecule has 2 aromatic carbocycles. The van der Waals surface area contributed by atoms with E-state index in [1.165, 1.54) is 4.90 Å². The molecule has 0 atom stereocenters. The Kier molecular flexibility index (Phi) is 6.78. The van der Waals surface area contributed by atoms with E-state index in [4.69, 9.17) is 0 Å². The van der Waals surface area contributed by atoms with Gasteiger partial charge in [0.2, 0.25) is 5.91 Å². The summed E-state index contributed by atoms with van der Waals surface area (Å²) in [6.45, 7) is 2.67. The van der Waals surface area contributed by atoms with Crippen molar-refractivity contribution in [2.24, 2.45) is 0 Å². The van der Waals surface area contributed by atoms with Crippen LogP contribution in [0.3, 0.4) is 0 Å². The van der Waals surface area contributed by atoms with Crippen molar-refractivity contribution in [1.29, 1.82) is 0 Å². The van der Waals surface area contributed by atoms with Crippen LogP contribution in [0.15, 0.2) is 54.6 Å².